The first-order valence-corrected chi connectivity index (χ1v) is 6.10. The first-order valence-electron chi connectivity index (χ1n) is 6.10. The normalized spacial score (nSPS) is 11.5. The molecule has 0 aliphatic rings. The van der Waals surface area contributed by atoms with E-state index in [4.69, 9.17) is 4.74 Å². The number of halogens is 3. The monoisotopic (exact) mass is 298 g/mol. The first-order chi connectivity index (χ1) is 9.81. The summed E-state index contributed by atoms with van der Waals surface area (Å²) in [5.41, 5.74) is 0.389. The number of aromatic nitrogens is 2. The van der Waals surface area contributed by atoms with Gasteiger partial charge in [-0.15, -0.1) is 0 Å². The molecule has 0 fully saturated rings. The fraction of sp³-hybridized carbons (Fsp3) is 0.286. The van der Waals surface area contributed by atoms with Crippen LogP contribution in [0.1, 0.15) is 27.3 Å². The third kappa shape index (κ3) is 3.42. The number of aryl methyl sites for hydroxylation is 2. The van der Waals surface area contributed by atoms with E-state index < -0.39 is 11.7 Å². The Kier molecular flexibility index (Phi) is 4.02. The van der Waals surface area contributed by atoms with Crippen molar-refractivity contribution in [2.75, 3.05) is 0 Å². The van der Waals surface area contributed by atoms with Crippen molar-refractivity contribution in [3.8, 4) is 5.75 Å². The van der Waals surface area contributed by atoms with Crippen molar-refractivity contribution in [1.29, 1.82) is 0 Å². The van der Waals surface area contributed by atoms with Crippen LogP contribution in [-0.4, -0.2) is 16.1 Å². The molecular formula is C14H13F3N2O2. The van der Waals surface area contributed by atoms with E-state index in [0.29, 0.717) is 12.0 Å². The molecule has 0 unspecified atom stereocenters. The molecule has 0 saturated heterocycles. The molecule has 0 aliphatic carbocycles. The Morgan fingerprint density at radius 1 is 1.33 bits per heavy atom. The number of nitrogens with zero attached hydrogens (tertiary/aromatic N) is 2. The number of hydrogen-bond acceptors (Lipinski definition) is 3. The minimum Gasteiger partial charge on any atom is -0.487 e. The lowest BCUT2D eigenvalue weighted by Crippen LogP contribution is -2.10. The molecular weight excluding hydrogens is 285 g/mol. The minimum absolute atomic E-state index is 0.0408. The molecule has 0 aliphatic heterocycles. The summed E-state index contributed by atoms with van der Waals surface area (Å²) in [5.74, 6) is -0.313. The Balaban J connectivity index is 2.27. The predicted octanol–water partition coefficient (Wildman–Crippen LogP) is 3.14. The van der Waals surface area contributed by atoms with Crippen molar-refractivity contribution in [2.24, 2.45) is 7.05 Å². The van der Waals surface area contributed by atoms with Crippen molar-refractivity contribution in [3.05, 3.63) is 46.8 Å². The third-order valence-electron chi connectivity index (χ3n) is 2.92. The molecule has 7 heteroatoms. The van der Waals surface area contributed by atoms with E-state index in [-0.39, 0.29) is 17.9 Å². The summed E-state index contributed by atoms with van der Waals surface area (Å²) < 4.78 is 45.7. The zero-order valence-corrected chi connectivity index (χ0v) is 11.4. The average molecular weight is 298 g/mol. The summed E-state index contributed by atoms with van der Waals surface area (Å²) in [6.45, 7) is 1.74. The summed E-state index contributed by atoms with van der Waals surface area (Å²) in [4.78, 5) is 10.6. The van der Waals surface area contributed by atoms with Crippen molar-refractivity contribution >= 4 is 6.29 Å². The molecule has 2 aromatic rings. The van der Waals surface area contributed by atoms with Crippen molar-refractivity contribution in [2.45, 2.75) is 19.7 Å². The van der Waals surface area contributed by atoms with E-state index >= 15 is 0 Å². The van der Waals surface area contributed by atoms with Gasteiger partial charge in [-0.25, -0.2) is 0 Å². The number of carbonyl (C=O) groups excluding carboxylic acids is 1. The second kappa shape index (κ2) is 5.59. The van der Waals surface area contributed by atoms with Crippen LogP contribution in [0, 0.1) is 6.92 Å². The van der Waals surface area contributed by atoms with Crippen molar-refractivity contribution in [1.82, 2.24) is 9.78 Å². The number of alkyl halides is 3. The Morgan fingerprint density at radius 2 is 2.05 bits per heavy atom. The molecule has 1 aromatic heterocycles. The lowest BCUT2D eigenvalue weighted by Gasteiger charge is -2.14. The zero-order valence-electron chi connectivity index (χ0n) is 11.4. The number of ether oxygens (including phenoxy) is 1. The van der Waals surface area contributed by atoms with Crippen LogP contribution in [0.25, 0.3) is 0 Å². The topological polar surface area (TPSA) is 44.1 Å². The number of carbonyl (C=O) groups is 1. The highest BCUT2D eigenvalue weighted by atomic mass is 19.4. The van der Waals surface area contributed by atoms with Gasteiger partial charge >= 0.3 is 6.18 Å². The number of benzene rings is 1. The van der Waals surface area contributed by atoms with Crippen LogP contribution in [0.3, 0.4) is 0 Å². The Hall–Kier alpha value is -2.31. The van der Waals surface area contributed by atoms with E-state index in [2.05, 4.69) is 5.10 Å². The third-order valence-corrected chi connectivity index (χ3v) is 2.92. The minimum atomic E-state index is -4.59. The molecule has 1 aromatic carbocycles. The van der Waals surface area contributed by atoms with Gasteiger partial charge in [-0.1, -0.05) is 0 Å². The molecule has 0 bridgehead atoms. The van der Waals surface area contributed by atoms with Crippen LogP contribution in [0.2, 0.25) is 0 Å². The molecule has 1 heterocycles. The van der Waals surface area contributed by atoms with Gasteiger partial charge in [0, 0.05) is 12.6 Å². The maximum Gasteiger partial charge on any atom is 0.419 e. The van der Waals surface area contributed by atoms with Crippen LogP contribution in [0.5, 0.6) is 5.75 Å². The number of rotatable bonds is 4. The standard InChI is InChI=1S/C14H13F3N2O2/c1-9-5-11(19(2)18-9)8-21-13-4-3-10(7-20)6-12(13)14(15,16)17/h3-7H,8H2,1-2H3. The highest BCUT2D eigenvalue weighted by molar-refractivity contribution is 5.75. The van der Waals surface area contributed by atoms with Crippen LogP contribution in [0.15, 0.2) is 24.3 Å². The highest BCUT2D eigenvalue weighted by Gasteiger charge is 2.34. The van der Waals surface area contributed by atoms with Gasteiger partial charge in [-0.05, 0) is 31.2 Å². The van der Waals surface area contributed by atoms with E-state index in [0.717, 1.165) is 17.8 Å². The smallest absolute Gasteiger partial charge is 0.419 e. The maximum absolute atomic E-state index is 13.0. The van der Waals surface area contributed by atoms with Gasteiger partial charge < -0.3 is 4.74 Å². The van der Waals surface area contributed by atoms with E-state index in [1.807, 2.05) is 0 Å². The first kappa shape index (κ1) is 15.1. The van der Waals surface area contributed by atoms with Crippen molar-refractivity contribution < 1.29 is 22.7 Å². The van der Waals surface area contributed by atoms with Gasteiger partial charge in [0.15, 0.2) is 0 Å². The van der Waals surface area contributed by atoms with Crippen LogP contribution in [0.4, 0.5) is 13.2 Å². The number of aldehydes is 1. The molecule has 21 heavy (non-hydrogen) atoms. The van der Waals surface area contributed by atoms with E-state index in [1.165, 1.54) is 6.07 Å². The molecule has 0 spiro atoms. The Bertz CT molecular complexity index is 663. The highest BCUT2D eigenvalue weighted by Crippen LogP contribution is 2.37. The molecule has 4 nitrogen and oxygen atoms in total. The summed E-state index contributed by atoms with van der Waals surface area (Å²) in [5, 5.41) is 4.09. The summed E-state index contributed by atoms with van der Waals surface area (Å²) >= 11 is 0. The van der Waals surface area contributed by atoms with Gasteiger partial charge in [-0.2, -0.15) is 18.3 Å². The number of hydrogen-bond donors (Lipinski definition) is 0. The maximum atomic E-state index is 13.0. The van der Waals surface area contributed by atoms with Crippen LogP contribution >= 0.6 is 0 Å². The van der Waals surface area contributed by atoms with E-state index in [9.17, 15) is 18.0 Å². The van der Waals surface area contributed by atoms with Gasteiger partial charge in [-0.3, -0.25) is 9.48 Å². The zero-order chi connectivity index (χ0) is 15.6. The van der Waals surface area contributed by atoms with Crippen molar-refractivity contribution in [3.63, 3.8) is 0 Å². The summed E-state index contributed by atoms with van der Waals surface area (Å²) in [7, 11) is 1.69. The van der Waals surface area contributed by atoms with Gasteiger partial charge in [0.1, 0.15) is 18.6 Å². The Labute approximate surface area is 119 Å². The summed E-state index contributed by atoms with van der Waals surface area (Å²) in [6.07, 6.45) is -4.22. The molecule has 0 atom stereocenters. The van der Waals surface area contributed by atoms with Gasteiger partial charge in [0.05, 0.1) is 17.0 Å². The molecule has 0 saturated carbocycles. The molecule has 0 amide bonds. The lowest BCUT2D eigenvalue weighted by molar-refractivity contribution is -0.139. The molecule has 0 N–H and O–H groups in total. The fourth-order valence-electron chi connectivity index (χ4n) is 1.92. The molecule has 0 radical (unpaired) electrons. The molecule has 2 rings (SSSR count). The van der Waals surface area contributed by atoms with Crippen LogP contribution < -0.4 is 4.74 Å². The Morgan fingerprint density at radius 3 is 2.57 bits per heavy atom. The second-order valence-electron chi connectivity index (χ2n) is 4.56. The second-order valence-corrected chi connectivity index (χ2v) is 4.56. The van der Waals surface area contributed by atoms with Gasteiger partial charge in [0.2, 0.25) is 0 Å². The van der Waals surface area contributed by atoms with E-state index in [1.54, 1.807) is 24.7 Å². The fourth-order valence-corrected chi connectivity index (χ4v) is 1.92. The average Bonchev–Trinajstić information content (AvgIpc) is 2.73. The van der Waals surface area contributed by atoms with Crippen LogP contribution in [-0.2, 0) is 19.8 Å². The SMILES string of the molecule is Cc1cc(COc2ccc(C=O)cc2C(F)(F)F)n(C)n1. The van der Waals surface area contributed by atoms with Gasteiger partial charge in [0.25, 0.3) is 0 Å². The predicted molar refractivity (Wildman–Crippen MR) is 69.1 cm³/mol. The summed E-state index contributed by atoms with van der Waals surface area (Å²) in [6, 6.07) is 4.94. The quantitative estimate of drug-likeness (QED) is 0.815. The largest absolute Gasteiger partial charge is 0.487 e. The molecule has 112 valence electrons. The lowest BCUT2D eigenvalue weighted by atomic mass is 10.1.